The van der Waals surface area contributed by atoms with Crippen LogP contribution in [0.5, 0.6) is 0 Å². The molecule has 0 unspecified atom stereocenters. The first-order chi connectivity index (χ1) is 17.4. The summed E-state index contributed by atoms with van der Waals surface area (Å²) in [5, 5.41) is 3.79. The van der Waals surface area contributed by atoms with Crippen LogP contribution in [-0.2, 0) is 4.74 Å². The van der Waals surface area contributed by atoms with Crippen LogP contribution in [0.4, 0.5) is 10.1 Å². The number of carbonyl (C=O) groups excluding carboxylic acids is 1. The highest BCUT2D eigenvalue weighted by Gasteiger charge is 2.43. The Kier molecular flexibility index (Phi) is 6.28. The molecule has 2 atom stereocenters. The second-order valence-corrected chi connectivity index (χ2v) is 9.01. The van der Waals surface area contributed by atoms with Crippen LogP contribution in [0.1, 0.15) is 45.1 Å². The third-order valence-electron chi connectivity index (χ3n) is 6.55. The van der Waals surface area contributed by atoms with Crippen molar-refractivity contribution in [3.05, 3.63) is 113 Å². The molecule has 0 bridgehead atoms. The van der Waals surface area contributed by atoms with Crippen LogP contribution in [0.3, 0.4) is 0 Å². The van der Waals surface area contributed by atoms with E-state index in [0.717, 1.165) is 22.6 Å². The van der Waals surface area contributed by atoms with Gasteiger partial charge in [-0.3, -0.25) is 4.98 Å². The lowest BCUT2D eigenvalue weighted by Gasteiger charge is -2.28. The molecule has 2 aromatic heterocycles. The summed E-state index contributed by atoms with van der Waals surface area (Å²) in [6.45, 7) is 3.97. The molecule has 1 saturated heterocycles. The summed E-state index contributed by atoms with van der Waals surface area (Å²) >= 11 is 5.74. The Hall–Kier alpha value is -4.04. The van der Waals surface area contributed by atoms with Crippen molar-refractivity contribution in [1.29, 1.82) is 0 Å². The molecule has 0 aliphatic carbocycles. The predicted molar refractivity (Wildman–Crippen MR) is 141 cm³/mol. The van der Waals surface area contributed by atoms with Crippen molar-refractivity contribution in [3.63, 3.8) is 0 Å². The standard InChI is InChI=1S/C28H25FN4O2S/c1-17-16-20(18(2)32(17)23-13-6-4-10-19(23)27(34)35-3)26-25(22-12-8-9-15-30-22)31-28(36)33(26)24-14-7-5-11-21(24)29/h4-16,25-26H,1-3H3,(H,31,36)/t25-,26+/m0/s1. The molecule has 36 heavy (non-hydrogen) atoms. The molecule has 0 spiro atoms. The smallest absolute Gasteiger partial charge is 0.339 e. The van der Waals surface area contributed by atoms with Crippen molar-refractivity contribution in [3.8, 4) is 5.69 Å². The number of pyridine rings is 1. The van der Waals surface area contributed by atoms with Crippen LogP contribution in [0.25, 0.3) is 5.69 Å². The normalized spacial score (nSPS) is 17.2. The van der Waals surface area contributed by atoms with Gasteiger partial charge in [0.15, 0.2) is 5.11 Å². The monoisotopic (exact) mass is 500 g/mol. The van der Waals surface area contributed by atoms with Gasteiger partial charge in [-0.15, -0.1) is 0 Å². The zero-order chi connectivity index (χ0) is 25.4. The molecule has 0 saturated carbocycles. The lowest BCUT2D eigenvalue weighted by molar-refractivity contribution is 0.0600. The third kappa shape index (κ3) is 3.93. The Morgan fingerprint density at radius 2 is 1.72 bits per heavy atom. The van der Waals surface area contributed by atoms with Gasteiger partial charge in [-0.05, 0) is 74.1 Å². The maximum atomic E-state index is 15.1. The Bertz CT molecular complexity index is 1450. The molecular formula is C28H25FN4O2S. The van der Waals surface area contributed by atoms with E-state index in [1.165, 1.54) is 13.2 Å². The van der Waals surface area contributed by atoms with Crippen molar-refractivity contribution in [2.45, 2.75) is 25.9 Å². The number of hydrogen-bond acceptors (Lipinski definition) is 4. The molecular weight excluding hydrogens is 475 g/mol. The summed E-state index contributed by atoms with van der Waals surface area (Å²) in [5.41, 5.74) is 5.12. The van der Waals surface area contributed by atoms with E-state index < -0.39 is 5.97 Å². The van der Waals surface area contributed by atoms with Gasteiger partial charge in [0.1, 0.15) is 5.82 Å². The molecule has 6 nitrogen and oxygen atoms in total. The van der Waals surface area contributed by atoms with Gasteiger partial charge in [0.25, 0.3) is 0 Å². The second-order valence-electron chi connectivity index (χ2n) is 8.62. The minimum atomic E-state index is -0.414. The highest BCUT2D eigenvalue weighted by atomic mass is 32.1. The van der Waals surface area contributed by atoms with Gasteiger partial charge in [0.2, 0.25) is 0 Å². The highest BCUT2D eigenvalue weighted by Crippen LogP contribution is 2.44. The fourth-order valence-corrected chi connectivity index (χ4v) is 5.33. The van der Waals surface area contributed by atoms with Gasteiger partial charge >= 0.3 is 5.97 Å². The number of rotatable bonds is 5. The molecule has 1 aliphatic rings. The number of anilines is 1. The number of aromatic nitrogens is 2. The molecule has 4 aromatic rings. The first-order valence-electron chi connectivity index (χ1n) is 11.5. The summed E-state index contributed by atoms with van der Waals surface area (Å²) in [7, 11) is 1.37. The summed E-state index contributed by atoms with van der Waals surface area (Å²) in [6, 6.07) is 21.0. The van der Waals surface area contributed by atoms with E-state index in [1.54, 1.807) is 36.5 Å². The Labute approximate surface area is 214 Å². The van der Waals surface area contributed by atoms with E-state index in [4.69, 9.17) is 17.0 Å². The number of thiocarbonyl (C=S) groups is 1. The summed E-state index contributed by atoms with van der Waals surface area (Å²) in [5.74, 6) is -0.777. The molecule has 2 aromatic carbocycles. The maximum Gasteiger partial charge on any atom is 0.339 e. The first-order valence-corrected chi connectivity index (χ1v) is 11.9. The summed E-state index contributed by atoms with van der Waals surface area (Å²) in [6.07, 6.45) is 1.73. The molecule has 0 amide bonds. The summed E-state index contributed by atoms with van der Waals surface area (Å²) in [4.78, 5) is 18.9. The summed E-state index contributed by atoms with van der Waals surface area (Å²) < 4.78 is 22.1. The number of aryl methyl sites for hydroxylation is 1. The second kappa shape index (κ2) is 9.54. The van der Waals surface area contributed by atoms with Crippen LogP contribution in [0.15, 0.2) is 79.0 Å². The fraction of sp³-hybridized carbons (Fsp3) is 0.179. The van der Waals surface area contributed by atoms with Crippen LogP contribution in [-0.4, -0.2) is 27.7 Å². The van der Waals surface area contributed by atoms with Crippen LogP contribution in [0, 0.1) is 19.7 Å². The molecule has 3 heterocycles. The Morgan fingerprint density at radius 3 is 2.42 bits per heavy atom. The zero-order valence-corrected chi connectivity index (χ0v) is 20.9. The van der Waals surface area contributed by atoms with E-state index in [9.17, 15) is 4.79 Å². The van der Waals surface area contributed by atoms with Crippen LogP contribution >= 0.6 is 12.2 Å². The topological polar surface area (TPSA) is 59.4 Å². The number of halogens is 1. The van der Waals surface area contributed by atoms with E-state index >= 15 is 4.39 Å². The van der Waals surface area contributed by atoms with Gasteiger partial charge in [-0.1, -0.05) is 30.3 Å². The molecule has 182 valence electrons. The minimum Gasteiger partial charge on any atom is -0.465 e. The molecule has 8 heteroatoms. The largest absolute Gasteiger partial charge is 0.465 e. The average molecular weight is 501 g/mol. The molecule has 1 aliphatic heterocycles. The highest BCUT2D eigenvalue weighted by molar-refractivity contribution is 7.80. The number of nitrogens with one attached hydrogen (secondary N) is 1. The van der Waals surface area contributed by atoms with E-state index in [-0.39, 0.29) is 17.9 Å². The molecule has 1 N–H and O–H groups in total. The number of para-hydroxylation sites is 2. The van der Waals surface area contributed by atoms with E-state index in [2.05, 4.69) is 16.4 Å². The van der Waals surface area contributed by atoms with Gasteiger partial charge in [0, 0.05) is 17.6 Å². The van der Waals surface area contributed by atoms with Crippen molar-refractivity contribution in [2.75, 3.05) is 12.0 Å². The third-order valence-corrected chi connectivity index (χ3v) is 6.86. The van der Waals surface area contributed by atoms with Crippen molar-refractivity contribution in [1.82, 2.24) is 14.9 Å². The molecule has 1 fully saturated rings. The Morgan fingerprint density at radius 1 is 1.03 bits per heavy atom. The number of ether oxygens (including phenoxy) is 1. The van der Waals surface area contributed by atoms with Crippen LogP contribution < -0.4 is 10.2 Å². The maximum absolute atomic E-state index is 15.1. The van der Waals surface area contributed by atoms with Crippen molar-refractivity contribution < 1.29 is 13.9 Å². The quantitative estimate of drug-likeness (QED) is 0.285. The number of methoxy groups -OCH3 is 1. The molecule has 5 rings (SSSR count). The lowest BCUT2D eigenvalue weighted by Crippen LogP contribution is -2.30. The lowest BCUT2D eigenvalue weighted by atomic mass is 9.96. The first kappa shape index (κ1) is 23.7. The van der Waals surface area contributed by atoms with Gasteiger partial charge in [-0.2, -0.15) is 0 Å². The fourth-order valence-electron chi connectivity index (χ4n) is 4.99. The predicted octanol–water partition coefficient (Wildman–Crippen LogP) is 5.59. The number of hydrogen-bond donors (Lipinski definition) is 1. The number of benzene rings is 2. The van der Waals surface area contributed by atoms with E-state index in [1.807, 2.05) is 53.6 Å². The number of nitrogens with zero attached hydrogens (tertiary/aromatic N) is 3. The minimum absolute atomic E-state index is 0.317. The van der Waals surface area contributed by atoms with Crippen molar-refractivity contribution in [2.24, 2.45) is 0 Å². The zero-order valence-electron chi connectivity index (χ0n) is 20.1. The molecule has 0 radical (unpaired) electrons. The Balaban J connectivity index is 1.71. The van der Waals surface area contributed by atoms with Gasteiger partial charge < -0.3 is 19.5 Å². The van der Waals surface area contributed by atoms with Crippen molar-refractivity contribution >= 4 is 29.0 Å². The van der Waals surface area contributed by atoms with E-state index in [0.29, 0.717) is 22.1 Å². The van der Waals surface area contributed by atoms with Gasteiger partial charge in [0.05, 0.1) is 41.8 Å². The average Bonchev–Trinajstić information content (AvgIpc) is 3.39. The number of esters is 1. The number of carbonyl (C=O) groups is 1. The van der Waals surface area contributed by atoms with Gasteiger partial charge in [-0.25, -0.2) is 9.18 Å². The SMILES string of the molecule is COC(=O)c1ccccc1-n1c(C)cc([C@@H]2[C@H](c3ccccn3)NC(=S)N2c2ccccc2F)c1C. The van der Waals surface area contributed by atoms with Crippen LogP contribution in [0.2, 0.25) is 0 Å².